The Labute approximate surface area is 154 Å². The Bertz CT molecular complexity index is 810. The van der Waals surface area contributed by atoms with Crippen LogP contribution in [0.25, 0.3) is 10.9 Å². The molecule has 138 valence electrons. The summed E-state index contributed by atoms with van der Waals surface area (Å²) in [5.74, 6) is 1.10. The highest BCUT2D eigenvalue weighted by molar-refractivity contribution is 5.98. The maximum atomic E-state index is 13.0. The Morgan fingerprint density at radius 3 is 2.65 bits per heavy atom. The summed E-state index contributed by atoms with van der Waals surface area (Å²) < 4.78 is 0. The lowest BCUT2D eigenvalue weighted by molar-refractivity contribution is -0.000864. The van der Waals surface area contributed by atoms with Crippen molar-refractivity contribution in [3.05, 3.63) is 36.0 Å². The molecule has 0 unspecified atom stereocenters. The zero-order valence-electron chi connectivity index (χ0n) is 15.1. The average Bonchev–Trinajstić information content (AvgIpc) is 3.38. The van der Waals surface area contributed by atoms with Gasteiger partial charge in [-0.3, -0.25) is 9.69 Å². The van der Waals surface area contributed by atoms with Gasteiger partial charge in [-0.25, -0.2) is 0 Å². The van der Waals surface area contributed by atoms with E-state index in [4.69, 9.17) is 0 Å². The van der Waals surface area contributed by atoms with Crippen molar-refractivity contribution in [2.75, 3.05) is 26.2 Å². The number of benzene rings is 1. The maximum Gasteiger partial charge on any atom is 0.253 e. The minimum Gasteiger partial charge on any atom is -0.391 e. The summed E-state index contributed by atoms with van der Waals surface area (Å²) in [4.78, 5) is 20.7. The third-order valence-electron chi connectivity index (χ3n) is 6.81. The van der Waals surface area contributed by atoms with Crippen molar-refractivity contribution in [1.29, 1.82) is 0 Å². The van der Waals surface area contributed by atoms with Gasteiger partial charge in [0.25, 0.3) is 5.91 Å². The summed E-state index contributed by atoms with van der Waals surface area (Å²) in [6.07, 6.45) is 6.05. The smallest absolute Gasteiger partial charge is 0.253 e. The fraction of sp³-hybridized carbons (Fsp3) is 0.571. The molecule has 26 heavy (non-hydrogen) atoms. The van der Waals surface area contributed by atoms with Crippen molar-refractivity contribution in [3.8, 4) is 0 Å². The number of amides is 1. The summed E-state index contributed by atoms with van der Waals surface area (Å²) in [6.45, 7) is 3.87. The summed E-state index contributed by atoms with van der Waals surface area (Å²) in [6, 6.07) is 8.22. The van der Waals surface area contributed by atoms with E-state index in [0.29, 0.717) is 17.9 Å². The molecule has 5 rings (SSSR count). The van der Waals surface area contributed by atoms with Gasteiger partial charge in [0.2, 0.25) is 0 Å². The standard InChI is InChI=1S/C21H27N3O2/c25-20-11-17-13-24(12-16(17)10-19(20)23-7-1-2-8-23)21(26)15-4-3-14-5-6-22-18(14)9-15/h3-6,9,16-17,19-20,22,25H,1-2,7-8,10-13H2/t16-,17+,19-,20-/m1/s1. The summed E-state index contributed by atoms with van der Waals surface area (Å²) in [5.41, 5.74) is 1.77. The molecule has 0 spiro atoms. The van der Waals surface area contributed by atoms with E-state index >= 15 is 0 Å². The molecule has 1 aliphatic carbocycles. The van der Waals surface area contributed by atoms with Crippen LogP contribution in [0.3, 0.4) is 0 Å². The SMILES string of the molecule is O=C(c1ccc2cc[nH]c2c1)N1C[C@H]2C[C@@H](N3CCCC3)[C@H](O)C[C@H]2C1. The summed E-state index contributed by atoms with van der Waals surface area (Å²) in [7, 11) is 0. The number of fused-ring (bicyclic) bond motifs is 2. The van der Waals surface area contributed by atoms with Gasteiger partial charge in [0.1, 0.15) is 0 Å². The van der Waals surface area contributed by atoms with E-state index in [1.165, 1.54) is 12.8 Å². The van der Waals surface area contributed by atoms with E-state index < -0.39 is 0 Å². The van der Waals surface area contributed by atoms with Crippen LogP contribution in [-0.4, -0.2) is 64.1 Å². The topological polar surface area (TPSA) is 59.6 Å². The molecule has 2 N–H and O–H groups in total. The van der Waals surface area contributed by atoms with Crippen LogP contribution in [0, 0.1) is 11.8 Å². The molecule has 1 saturated carbocycles. The van der Waals surface area contributed by atoms with Crippen LogP contribution in [0.15, 0.2) is 30.5 Å². The van der Waals surface area contributed by atoms with E-state index in [-0.39, 0.29) is 12.0 Å². The van der Waals surface area contributed by atoms with Crippen LogP contribution < -0.4 is 0 Å². The number of aliphatic hydroxyl groups excluding tert-OH is 1. The molecule has 4 atom stereocenters. The Kier molecular flexibility index (Phi) is 4.02. The predicted octanol–water partition coefficient (Wildman–Crippen LogP) is 2.48. The molecule has 0 bridgehead atoms. The minimum atomic E-state index is -0.236. The monoisotopic (exact) mass is 353 g/mol. The molecule has 2 aromatic rings. The van der Waals surface area contributed by atoms with E-state index in [9.17, 15) is 9.90 Å². The van der Waals surface area contributed by atoms with Gasteiger partial charge < -0.3 is 15.0 Å². The number of carbonyl (C=O) groups excluding carboxylic acids is 1. The number of aromatic nitrogens is 1. The highest BCUT2D eigenvalue weighted by Gasteiger charge is 2.44. The molecule has 1 amide bonds. The summed E-state index contributed by atoms with van der Waals surface area (Å²) >= 11 is 0. The normalized spacial score (nSPS) is 32.3. The van der Waals surface area contributed by atoms with Crippen LogP contribution in [0.4, 0.5) is 0 Å². The number of likely N-dealkylation sites (tertiary alicyclic amines) is 2. The lowest BCUT2D eigenvalue weighted by atomic mass is 9.77. The second-order valence-electron chi connectivity index (χ2n) is 8.36. The summed E-state index contributed by atoms with van der Waals surface area (Å²) in [5, 5.41) is 11.8. The zero-order valence-corrected chi connectivity index (χ0v) is 15.1. The molecule has 2 saturated heterocycles. The van der Waals surface area contributed by atoms with E-state index in [0.717, 1.165) is 55.5 Å². The molecule has 0 radical (unpaired) electrons. The molecule has 1 aromatic carbocycles. The van der Waals surface area contributed by atoms with Gasteiger partial charge >= 0.3 is 0 Å². The molecule has 2 aliphatic heterocycles. The molecule has 3 aliphatic rings. The third kappa shape index (κ3) is 2.74. The van der Waals surface area contributed by atoms with Gasteiger partial charge in [0, 0.05) is 36.4 Å². The van der Waals surface area contributed by atoms with Crippen molar-refractivity contribution in [1.82, 2.24) is 14.8 Å². The Hall–Kier alpha value is -1.85. The van der Waals surface area contributed by atoms with E-state index in [1.807, 2.05) is 35.4 Å². The van der Waals surface area contributed by atoms with E-state index in [1.54, 1.807) is 0 Å². The fourth-order valence-electron chi connectivity index (χ4n) is 5.40. The van der Waals surface area contributed by atoms with Crippen molar-refractivity contribution >= 4 is 16.8 Å². The first-order chi connectivity index (χ1) is 12.7. The number of hydrogen-bond donors (Lipinski definition) is 2. The first-order valence-corrected chi connectivity index (χ1v) is 9.97. The number of hydrogen-bond acceptors (Lipinski definition) is 3. The van der Waals surface area contributed by atoms with Crippen molar-refractivity contribution in [3.63, 3.8) is 0 Å². The van der Waals surface area contributed by atoms with Crippen molar-refractivity contribution in [2.45, 2.75) is 37.8 Å². The number of carbonyl (C=O) groups is 1. The molecular weight excluding hydrogens is 326 g/mol. The molecule has 1 aromatic heterocycles. The van der Waals surface area contributed by atoms with Crippen LogP contribution >= 0.6 is 0 Å². The van der Waals surface area contributed by atoms with Gasteiger partial charge in [0.05, 0.1) is 6.10 Å². The first kappa shape index (κ1) is 16.3. The van der Waals surface area contributed by atoms with Crippen LogP contribution in [0.5, 0.6) is 0 Å². The fourth-order valence-corrected chi connectivity index (χ4v) is 5.40. The lowest BCUT2D eigenvalue weighted by Gasteiger charge is -2.40. The first-order valence-electron chi connectivity index (χ1n) is 9.97. The molecule has 5 nitrogen and oxygen atoms in total. The number of H-pyrrole nitrogens is 1. The lowest BCUT2D eigenvalue weighted by Crippen LogP contribution is -2.48. The van der Waals surface area contributed by atoms with Crippen molar-refractivity contribution < 1.29 is 9.90 Å². The maximum absolute atomic E-state index is 13.0. The number of aliphatic hydroxyl groups is 1. The van der Waals surface area contributed by atoms with Crippen LogP contribution in [0.1, 0.15) is 36.0 Å². The highest BCUT2D eigenvalue weighted by atomic mass is 16.3. The number of rotatable bonds is 2. The Morgan fingerprint density at radius 2 is 1.85 bits per heavy atom. The van der Waals surface area contributed by atoms with Gasteiger partial charge in [-0.05, 0) is 74.2 Å². The average molecular weight is 353 g/mol. The van der Waals surface area contributed by atoms with Gasteiger partial charge in [-0.15, -0.1) is 0 Å². The van der Waals surface area contributed by atoms with Gasteiger partial charge in [0.15, 0.2) is 0 Å². The largest absolute Gasteiger partial charge is 0.391 e. The zero-order chi connectivity index (χ0) is 17.7. The van der Waals surface area contributed by atoms with Gasteiger partial charge in [-0.2, -0.15) is 0 Å². The van der Waals surface area contributed by atoms with Crippen molar-refractivity contribution in [2.24, 2.45) is 11.8 Å². The Balaban J connectivity index is 1.31. The molecule has 5 heteroatoms. The second kappa shape index (κ2) is 6.39. The van der Waals surface area contributed by atoms with Crippen LogP contribution in [0.2, 0.25) is 0 Å². The van der Waals surface area contributed by atoms with E-state index in [2.05, 4.69) is 9.88 Å². The van der Waals surface area contributed by atoms with Crippen LogP contribution in [-0.2, 0) is 0 Å². The molecule has 3 heterocycles. The predicted molar refractivity (Wildman–Crippen MR) is 101 cm³/mol. The molecular formula is C21H27N3O2. The number of nitrogens with zero attached hydrogens (tertiary/aromatic N) is 2. The number of nitrogens with one attached hydrogen (secondary N) is 1. The Morgan fingerprint density at radius 1 is 1.08 bits per heavy atom. The number of aromatic amines is 1. The third-order valence-corrected chi connectivity index (χ3v) is 6.81. The minimum absolute atomic E-state index is 0.128. The van der Waals surface area contributed by atoms with Gasteiger partial charge in [-0.1, -0.05) is 6.07 Å². The quantitative estimate of drug-likeness (QED) is 0.872. The molecule has 3 fully saturated rings. The second-order valence-corrected chi connectivity index (χ2v) is 8.36. The highest BCUT2D eigenvalue weighted by Crippen LogP contribution is 2.39.